The van der Waals surface area contributed by atoms with Gasteiger partial charge in [-0.3, -0.25) is 11.2 Å². The van der Waals surface area contributed by atoms with Crippen molar-refractivity contribution in [1.82, 2.24) is 10.9 Å². The molecule has 1 aliphatic rings. The Kier molecular flexibility index (Phi) is 5.03. The van der Waals surface area contributed by atoms with Crippen LogP contribution >= 0.6 is 23.2 Å². The number of nitrogens with one attached hydrogen (secondary N) is 3. The van der Waals surface area contributed by atoms with E-state index < -0.39 is 17.5 Å². The van der Waals surface area contributed by atoms with Crippen molar-refractivity contribution in [2.75, 3.05) is 5.32 Å². The van der Waals surface area contributed by atoms with Crippen molar-refractivity contribution in [3.8, 4) is 0 Å². The molecule has 2 aromatic carbocycles. The van der Waals surface area contributed by atoms with Gasteiger partial charge < -0.3 is 5.32 Å². The van der Waals surface area contributed by atoms with Crippen LogP contribution in [0.2, 0.25) is 10.0 Å². The second kappa shape index (κ2) is 6.96. The Hall–Kier alpha value is -2.00. The molecule has 0 saturated carbocycles. The van der Waals surface area contributed by atoms with Gasteiger partial charge in [-0.1, -0.05) is 35.3 Å². The molecule has 0 radical (unpaired) electrons. The number of anilines is 1. The van der Waals surface area contributed by atoms with Crippen LogP contribution in [-0.2, 0) is 12.6 Å². The van der Waals surface area contributed by atoms with Crippen LogP contribution in [0.15, 0.2) is 47.5 Å². The lowest BCUT2D eigenvalue weighted by atomic mass is 10.1. The van der Waals surface area contributed by atoms with Gasteiger partial charge in [-0.2, -0.15) is 18.6 Å². The molecule has 1 aliphatic heterocycles. The number of alkyl halides is 3. The van der Waals surface area contributed by atoms with Crippen LogP contribution in [0.25, 0.3) is 0 Å². The molecule has 0 aliphatic carbocycles. The first-order chi connectivity index (χ1) is 12.1. The third kappa shape index (κ3) is 4.59. The standard InChI is InChI=1S/C16H14Cl2F3N5/c17-11-5-12(18)7-13(6-11)23-14-24-15(22,26-25-14)8-9-1-3-10(4-2-9)16(19,20)21/h1-7,26H,8,22H2,(H2,23,24,25). The summed E-state index contributed by atoms with van der Waals surface area (Å²) < 4.78 is 37.9. The van der Waals surface area contributed by atoms with Gasteiger partial charge in [-0.25, -0.2) is 4.99 Å². The maximum atomic E-state index is 12.6. The minimum Gasteiger partial charge on any atom is -0.325 e. The molecule has 0 saturated heterocycles. The van der Waals surface area contributed by atoms with Crippen LogP contribution in [0, 0.1) is 0 Å². The molecule has 3 rings (SSSR count). The van der Waals surface area contributed by atoms with Gasteiger partial charge in [0.05, 0.1) is 5.56 Å². The molecule has 0 fully saturated rings. The van der Waals surface area contributed by atoms with Gasteiger partial charge in [0.2, 0.25) is 5.96 Å². The zero-order chi connectivity index (χ0) is 18.9. The van der Waals surface area contributed by atoms with Gasteiger partial charge in [0.1, 0.15) is 0 Å². The quantitative estimate of drug-likeness (QED) is 0.629. The van der Waals surface area contributed by atoms with Crippen LogP contribution in [0.4, 0.5) is 18.9 Å². The van der Waals surface area contributed by atoms with E-state index in [1.54, 1.807) is 18.2 Å². The zero-order valence-corrected chi connectivity index (χ0v) is 14.7. The van der Waals surface area contributed by atoms with Crippen LogP contribution in [0.3, 0.4) is 0 Å². The lowest BCUT2D eigenvalue weighted by Crippen LogP contribution is -2.54. The van der Waals surface area contributed by atoms with E-state index in [0.29, 0.717) is 27.3 Å². The predicted molar refractivity (Wildman–Crippen MR) is 95.9 cm³/mol. The number of benzene rings is 2. The van der Waals surface area contributed by atoms with Crippen LogP contribution in [-0.4, -0.2) is 11.7 Å². The largest absolute Gasteiger partial charge is 0.416 e. The maximum absolute atomic E-state index is 12.6. The van der Waals surface area contributed by atoms with Crippen molar-refractivity contribution in [3.63, 3.8) is 0 Å². The van der Waals surface area contributed by atoms with Crippen molar-refractivity contribution < 1.29 is 13.2 Å². The normalized spacial score (nSPS) is 19.8. The van der Waals surface area contributed by atoms with Gasteiger partial charge in [0.25, 0.3) is 0 Å². The second-order valence-corrected chi connectivity index (χ2v) is 6.66. The number of nitrogens with two attached hydrogens (primary N) is 1. The molecule has 138 valence electrons. The summed E-state index contributed by atoms with van der Waals surface area (Å²) in [4.78, 5) is 4.29. The Morgan fingerprint density at radius 2 is 1.69 bits per heavy atom. The molecular weight excluding hydrogens is 390 g/mol. The Balaban J connectivity index is 1.70. The van der Waals surface area contributed by atoms with Gasteiger partial charge in [0.15, 0.2) is 5.79 Å². The van der Waals surface area contributed by atoms with E-state index in [1.807, 2.05) is 0 Å². The van der Waals surface area contributed by atoms with E-state index in [9.17, 15) is 13.2 Å². The Morgan fingerprint density at radius 3 is 2.27 bits per heavy atom. The highest BCUT2D eigenvalue weighted by Gasteiger charge is 2.32. The van der Waals surface area contributed by atoms with Gasteiger partial charge in [-0.15, -0.1) is 0 Å². The Morgan fingerprint density at radius 1 is 1.08 bits per heavy atom. The molecule has 0 aromatic heterocycles. The third-order valence-corrected chi connectivity index (χ3v) is 4.03. The molecule has 0 amide bonds. The number of hydrogen-bond donors (Lipinski definition) is 4. The van der Waals surface area contributed by atoms with E-state index in [4.69, 9.17) is 28.9 Å². The summed E-state index contributed by atoms with van der Waals surface area (Å²) in [5.74, 6) is -0.887. The molecule has 5 nitrogen and oxygen atoms in total. The molecule has 2 aromatic rings. The summed E-state index contributed by atoms with van der Waals surface area (Å²) in [6.07, 6.45) is -4.20. The summed E-state index contributed by atoms with van der Waals surface area (Å²) in [7, 11) is 0. The van der Waals surface area contributed by atoms with Gasteiger partial charge in [-0.05, 0) is 35.9 Å². The highest BCUT2D eigenvalue weighted by atomic mass is 35.5. The molecule has 5 N–H and O–H groups in total. The SMILES string of the molecule is NC1(Cc2ccc(C(F)(F)F)cc2)N=C(Nc2cc(Cl)cc(Cl)c2)NN1. The lowest BCUT2D eigenvalue weighted by molar-refractivity contribution is -0.137. The fourth-order valence-electron chi connectivity index (χ4n) is 2.45. The molecular formula is C16H14Cl2F3N5. The van der Waals surface area contributed by atoms with E-state index in [1.165, 1.54) is 12.1 Å². The molecule has 26 heavy (non-hydrogen) atoms. The van der Waals surface area contributed by atoms with E-state index >= 15 is 0 Å². The van der Waals surface area contributed by atoms with Crippen molar-refractivity contribution in [2.24, 2.45) is 10.7 Å². The number of hydrogen-bond acceptors (Lipinski definition) is 5. The minimum absolute atomic E-state index is 0.180. The molecule has 1 atom stereocenters. The highest BCUT2D eigenvalue weighted by molar-refractivity contribution is 6.35. The van der Waals surface area contributed by atoms with Crippen molar-refractivity contribution in [3.05, 3.63) is 63.6 Å². The molecule has 1 heterocycles. The monoisotopic (exact) mass is 403 g/mol. The topological polar surface area (TPSA) is 74.5 Å². The predicted octanol–water partition coefficient (Wildman–Crippen LogP) is 3.74. The summed E-state index contributed by atoms with van der Waals surface area (Å²) >= 11 is 11.9. The van der Waals surface area contributed by atoms with Crippen molar-refractivity contribution >= 4 is 34.8 Å². The maximum Gasteiger partial charge on any atom is 0.416 e. The van der Waals surface area contributed by atoms with Gasteiger partial charge >= 0.3 is 6.18 Å². The number of nitrogens with zero attached hydrogens (tertiary/aromatic N) is 1. The zero-order valence-electron chi connectivity index (χ0n) is 13.2. The van der Waals surface area contributed by atoms with Crippen molar-refractivity contribution in [2.45, 2.75) is 18.4 Å². The summed E-state index contributed by atoms with van der Waals surface area (Å²) in [6.45, 7) is 0. The summed E-state index contributed by atoms with van der Waals surface area (Å²) in [6, 6.07) is 9.67. The fourth-order valence-corrected chi connectivity index (χ4v) is 2.98. The van der Waals surface area contributed by atoms with E-state index in [2.05, 4.69) is 21.2 Å². The van der Waals surface area contributed by atoms with Crippen molar-refractivity contribution in [1.29, 1.82) is 0 Å². The van der Waals surface area contributed by atoms with E-state index in [-0.39, 0.29) is 6.42 Å². The minimum atomic E-state index is -4.38. The molecule has 0 bridgehead atoms. The van der Waals surface area contributed by atoms with E-state index in [0.717, 1.165) is 12.1 Å². The summed E-state index contributed by atoms with van der Waals surface area (Å²) in [5.41, 5.74) is 12.2. The smallest absolute Gasteiger partial charge is 0.325 e. The van der Waals surface area contributed by atoms with Crippen LogP contribution in [0.1, 0.15) is 11.1 Å². The van der Waals surface area contributed by atoms with Gasteiger partial charge in [0, 0.05) is 22.2 Å². The first-order valence-electron chi connectivity index (χ1n) is 7.44. The Labute approximate surface area is 157 Å². The Bertz CT molecular complexity index is 819. The number of rotatable bonds is 3. The number of guanidine groups is 1. The first-order valence-corrected chi connectivity index (χ1v) is 8.20. The first kappa shape index (κ1) is 18.8. The number of halogens is 5. The number of aliphatic imine (C=N–C) groups is 1. The molecule has 10 heteroatoms. The highest BCUT2D eigenvalue weighted by Crippen LogP contribution is 2.29. The second-order valence-electron chi connectivity index (χ2n) is 5.79. The van der Waals surface area contributed by atoms with Crippen LogP contribution in [0.5, 0.6) is 0 Å². The van der Waals surface area contributed by atoms with Crippen LogP contribution < -0.4 is 21.9 Å². The summed E-state index contributed by atoms with van der Waals surface area (Å²) in [5, 5.41) is 3.88. The lowest BCUT2D eigenvalue weighted by Gasteiger charge is -2.20. The number of hydrazine groups is 1. The molecule has 1 unspecified atom stereocenters. The average molecular weight is 404 g/mol. The third-order valence-electron chi connectivity index (χ3n) is 3.59. The molecule has 0 spiro atoms. The average Bonchev–Trinajstić information content (AvgIpc) is 2.86. The fraction of sp³-hybridized carbons (Fsp3) is 0.188.